The molecule has 1 aromatic carbocycles. The lowest BCUT2D eigenvalue weighted by Gasteiger charge is -2.31. The SMILES string of the molecule is CC1(CN(Cc2ccccc2)c2nncn2[C@H]2CCc3sc(NC(=O)C4CC4)c(C(=O)NCC4CC4)c3C2)CC1.[HH]. The molecule has 1 atom stereocenters. The van der Waals surface area contributed by atoms with Crippen LogP contribution in [0.4, 0.5) is 10.9 Å². The van der Waals surface area contributed by atoms with Crippen molar-refractivity contribution in [1.82, 2.24) is 20.1 Å². The summed E-state index contributed by atoms with van der Waals surface area (Å²) in [4.78, 5) is 29.9. The van der Waals surface area contributed by atoms with Gasteiger partial charge in [-0.2, -0.15) is 0 Å². The zero-order chi connectivity index (χ0) is 27.3. The monoisotopic (exact) mass is 560 g/mol. The van der Waals surface area contributed by atoms with Crippen molar-refractivity contribution >= 4 is 34.1 Å². The maximum absolute atomic E-state index is 13.5. The van der Waals surface area contributed by atoms with Gasteiger partial charge in [-0.15, -0.1) is 21.5 Å². The van der Waals surface area contributed by atoms with Gasteiger partial charge in [0.05, 0.1) is 5.56 Å². The number of nitrogens with one attached hydrogen (secondary N) is 2. The van der Waals surface area contributed by atoms with Gasteiger partial charge in [-0.25, -0.2) is 0 Å². The predicted octanol–water partition coefficient (Wildman–Crippen LogP) is 5.61. The molecular weight excluding hydrogens is 520 g/mol. The zero-order valence-electron chi connectivity index (χ0n) is 23.2. The summed E-state index contributed by atoms with van der Waals surface area (Å²) < 4.78 is 2.24. The normalized spacial score (nSPS) is 21.0. The number of hydrogen-bond acceptors (Lipinski definition) is 6. The second-order valence-corrected chi connectivity index (χ2v) is 13.8. The standard InChI is InChI=1S/C31H38N6O2S.H2/c1-31(13-14-31)18-36(17-21-5-3-2-4-6-21)30-35-33-19-37(30)23-11-12-25-24(15-23)26(28(39)32-16-20-7-8-20)29(40-25)34-27(38)22-9-10-22;/h2-6,19-20,22-23H,7-18H2,1H3,(H,32,39)(H,34,38);1H/t23-;/m0./s1. The molecule has 4 aliphatic carbocycles. The van der Waals surface area contributed by atoms with Gasteiger partial charge in [0.2, 0.25) is 11.9 Å². The van der Waals surface area contributed by atoms with Crippen molar-refractivity contribution in [3.8, 4) is 0 Å². The van der Waals surface area contributed by atoms with Crippen LogP contribution in [0.15, 0.2) is 36.7 Å². The van der Waals surface area contributed by atoms with Gasteiger partial charge in [-0.05, 0) is 80.2 Å². The van der Waals surface area contributed by atoms with E-state index >= 15 is 0 Å². The van der Waals surface area contributed by atoms with E-state index in [9.17, 15) is 9.59 Å². The van der Waals surface area contributed by atoms with Crippen LogP contribution in [0.1, 0.15) is 85.7 Å². The molecule has 40 heavy (non-hydrogen) atoms. The number of carbonyl (C=O) groups excluding carboxylic acids is 2. The number of carbonyl (C=O) groups is 2. The van der Waals surface area contributed by atoms with Crippen molar-refractivity contribution in [3.63, 3.8) is 0 Å². The molecular formula is C31H40N6O2S. The van der Waals surface area contributed by atoms with Crippen molar-refractivity contribution < 1.29 is 11.0 Å². The van der Waals surface area contributed by atoms with Gasteiger partial charge in [0.25, 0.3) is 5.91 Å². The van der Waals surface area contributed by atoms with Gasteiger partial charge >= 0.3 is 0 Å². The predicted molar refractivity (Wildman–Crippen MR) is 159 cm³/mol. The van der Waals surface area contributed by atoms with Crippen LogP contribution < -0.4 is 15.5 Å². The molecule has 0 radical (unpaired) electrons. The third-order valence-corrected chi connectivity index (χ3v) is 10.2. The van der Waals surface area contributed by atoms with Crippen LogP contribution in [0.3, 0.4) is 0 Å². The number of aromatic nitrogens is 3. The van der Waals surface area contributed by atoms with Crippen LogP contribution in [-0.2, 0) is 24.2 Å². The first-order valence-corrected chi connectivity index (χ1v) is 15.7. The topological polar surface area (TPSA) is 92.2 Å². The molecule has 3 aromatic rings. The van der Waals surface area contributed by atoms with Crippen LogP contribution >= 0.6 is 11.3 Å². The van der Waals surface area contributed by atoms with Crippen molar-refractivity contribution in [1.29, 1.82) is 0 Å². The number of aryl methyl sites for hydroxylation is 1. The number of thiophene rings is 1. The van der Waals surface area contributed by atoms with Gasteiger partial charge in [0.1, 0.15) is 11.3 Å². The molecule has 0 aliphatic heterocycles. The largest absolute Gasteiger partial charge is 0.352 e. The highest BCUT2D eigenvalue weighted by Gasteiger charge is 2.40. The molecule has 2 N–H and O–H groups in total. The quantitative estimate of drug-likeness (QED) is 0.318. The summed E-state index contributed by atoms with van der Waals surface area (Å²) in [6.45, 7) is 4.81. The van der Waals surface area contributed by atoms with E-state index in [0.29, 0.717) is 23.4 Å². The molecule has 7 rings (SSSR count). The van der Waals surface area contributed by atoms with Crippen molar-refractivity contribution in [2.24, 2.45) is 17.3 Å². The van der Waals surface area contributed by atoms with E-state index in [4.69, 9.17) is 0 Å². The molecule has 0 spiro atoms. The zero-order valence-corrected chi connectivity index (χ0v) is 24.0. The number of amides is 2. The first-order chi connectivity index (χ1) is 19.5. The Labute approximate surface area is 241 Å². The minimum absolute atomic E-state index is 0. The Morgan fingerprint density at radius 1 is 1.15 bits per heavy atom. The van der Waals surface area contributed by atoms with Crippen molar-refractivity contribution in [3.05, 3.63) is 58.2 Å². The molecule has 2 heterocycles. The highest BCUT2D eigenvalue weighted by atomic mass is 32.1. The van der Waals surface area contributed by atoms with Gasteiger partial charge in [0.15, 0.2) is 0 Å². The molecule has 2 amide bonds. The second kappa shape index (κ2) is 10.3. The fraction of sp³-hybridized carbons (Fsp3) is 0.548. The summed E-state index contributed by atoms with van der Waals surface area (Å²) >= 11 is 1.60. The molecule has 4 aliphatic rings. The fourth-order valence-electron chi connectivity index (χ4n) is 5.89. The molecule has 3 saturated carbocycles. The third kappa shape index (κ3) is 5.53. The van der Waals surface area contributed by atoms with Gasteiger partial charge < -0.3 is 15.5 Å². The van der Waals surface area contributed by atoms with E-state index < -0.39 is 0 Å². The average molecular weight is 561 g/mol. The van der Waals surface area contributed by atoms with E-state index in [-0.39, 0.29) is 25.2 Å². The molecule has 8 nitrogen and oxygen atoms in total. The highest BCUT2D eigenvalue weighted by Crippen LogP contribution is 2.47. The number of fused-ring (bicyclic) bond motifs is 1. The van der Waals surface area contributed by atoms with E-state index in [2.05, 4.69) is 67.6 Å². The molecule has 3 fully saturated rings. The van der Waals surface area contributed by atoms with Crippen molar-refractivity contribution in [2.45, 2.75) is 77.3 Å². The number of hydrogen-bond donors (Lipinski definition) is 2. The fourth-order valence-corrected chi connectivity index (χ4v) is 7.14. The second-order valence-electron chi connectivity index (χ2n) is 12.7. The maximum Gasteiger partial charge on any atom is 0.254 e. The number of nitrogens with zero attached hydrogens (tertiary/aromatic N) is 4. The summed E-state index contributed by atoms with van der Waals surface area (Å²) in [5.74, 6) is 1.60. The molecule has 0 saturated heterocycles. The summed E-state index contributed by atoms with van der Waals surface area (Å²) in [6, 6.07) is 10.7. The Balaban J connectivity index is 0.00000302. The van der Waals surface area contributed by atoms with Gasteiger partial charge in [-0.3, -0.25) is 14.2 Å². The van der Waals surface area contributed by atoms with E-state index in [1.807, 2.05) is 6.33 Å². The Kier molecular flexibility index (Phi) is 6.65. The average Bonchev–Trinajstić information content (AvgIpc) is 3.90. The van der Waals surface area contributed by atoms with Crippen LogP contribution in [0.25, 0.3) is 0 Å². The minimum Gasteiger partial charge on any atom is -0.352 e. The summed E-state index contributed by atoms with van der Waals surface area (Å²) in [7, 11) is 0. The third-order valence-electron chi connectivity index (χ3n) is 9.02. The Bertz CT molecular complexity index is 1410. The van der Waals surface area contributed by atoms with Crippen molar-refractivity contribution in [2.75, 3.05) is 23.3 Å². The Hall–Kier alpha value is -3.20. The number of rotatable bonds is 11. The van der Waals surface area contributed by atoms with Crippen LogP contribution in [-0.4, -0.2) is 39.7 Å². The van der Waals surface area contributed by atoms with Crippen LogP contribution in [0.2, 0.25) is 0 Å². The summed E-state index contributed by atoms with van der Waals surface area (Å²) in [5.41, 5.74) is 3.35. The Morgan fingerprint density at radius 3 is 2.67 bits per heavy atom. The number of benzene rings is 1. The molecule has 2 aromatic heterocycles. The van der Waals surface area contributed by atoms with Crippen LogP contribution in [0.5, 0.6) is 0 Å². The van der Waals surface area contributed by atoms with E-state index in [0.717, 1.165) is 61.7 Å². The van der Waals surface area contributed by atoms with Crippen LogP contribution in [0, 0.1) is 17.3 Å². The number of anilines is 2. The first kappa shape index (κ1) is 25.7. The smallest absolute Gasteiger partial charge is 0.254 e. The highest BCUT2D eigenvalue weighted by molar-refractivity contribution is 7.17. The molecule has 212 valence electrons. The maximum atomic E-state index is 13.5. The lowest BCUT2D eigenvalue weighted by atomic mass is 9.91. The lowest BCUT2D eigenvalue weighted by Crippen LogP contribution is -2.33. The molecule has 0 unspecified atom stereocenters. The first-order valence-electron chi connectivity index (χ1n) is 14.9. The molecule has 0 bridgehead atoms. The van der Waals surface area contributed by atoms with E-state index in [1.54, 1.807) is 11.3 Å². The van der Waals surface area contributed by atoms with Gasteiger partial charge in [0, 0.05) is 37.9 Å². The summed E-state index contributed by atoms with van der Waals surface area (Å²) in [5, 5.41) is 16.1. The van der Waals surface area contributed by atoms with Gasteiger partial charge in [-0.1, -0.05) is 37.3 Å². The summed E-state index contributed by atoms with van der Waals surface area (Å²) in [6.07, 6.45) is 11.2. The molecule has 9 heteroatoms. The lowest BCUT2D eigenvalue weighted by molar-refractivity contribution is -0.117. The Morgan fingerprint density at radius 2 is 1.95 bits per heavy atom. The van der Waals surface area contributed by atoms with E-state index in [1.165, 1.54) is 36.1 Å². The minimum atomic E-state index is -0.0486.